The quantitative estimate of drug-likeness (QED) is 0.865. The fourth-order valence-electron chi connectivity index (χ4n) is 1.40. The van der Waals surface area contributed by atoms with Crippen molar-refractivity contribution in [2.75, 3.05) is 6.54 Å². The average molecular weight is 267 g/mol. The summed E-state index contributed by atoms with van der Waals surface area (Å²) in [6, 6.07) is 3.66. The summed E-state index contributed by atoms with van der Waals surface area (Å²) in [5.41, 5.74) is -1.11. The molecule has 7 heteroatoms. The molecule has 0 aromatic carbocycles. The molecule has 96 valence electrons. The molecule has 0 aliphatic carbocycles. The number of carbonyl (C=O) groups is 1. The van der Waals surface area contributed by atoms with Gasteiger partial charge in [0.2, 0.25) is 5.89 Å². The molecule has 2 aromatic heterocycles. The molecule has 0 bridgehead atoms. The second-order valence-corrected chi connectivity index (χ2v) is 5.02. The number of hydrogen-bond acceptors (Lipinski definition) is 6. The molecule has 0 aliphatic heterocycles. The van der Waals surface area contributed by atoms with E-state index in [9.17, 15) is 9.90 Å². The number of rotatable bonds is 4. The van der Waals surface area contributed by atoms with Crippen molar-refractivity contribution >= 4 is 17.2 Å². The van der Waals surface area contributed by atoms with E-state index in [1.54, 1.807) is 13.8 Å². The van der Waals surface area contributed by atoms with Gasteiger partial charge in [-0.25, -0.2) is 0 Å². The van der Waals surface area contributed by atoms with Crippen molar-refractivity contribution in [3.8, 4) is 0 Å². The molecule has 0 saturated carbocycles. The molecule has 6 nitrogen and oxygen atoms in total. The van der Waals surface area contributed by atoms with E-state index in [1.165, 1.54) is 11.3 Å². The fraction of sp³-hybridized carbons (Fsp3) is 0.364. The zero-order valence-corrected chi connectivity index (χ0v) is 10.8. The van der Waals surface area contributed by atoms with Gasteiger partial charge in [0, 0.05) is 11.8 Å². The number of amides is 1. The Hall–Kier alpha value is -1.73. The Morgan fingerprint density at radius 3 is 3.00 bits per heavy atom. The molecule has 0 spiro atoms. The van der Waals surface area contributed by atoms with Crippen LogP contribution in [0.25, 0.3) is 0 Å². The largest absolute Gasteiger partial charge is 0.383 e. The summed E-state index contributed by atoms with van der Waals surface area (Å²) in [6.45, 7) is 3.33. The van der Waals surface area contributed by atoms with Crippen molar-refractivity contribution in [3.05, 3.63) is 34.1 Å². The molecule has 0 radical (unpaired) electrons. The lowest BCUT2D eigenvalue weighted by Crippen LogP contribution is -2.38. The number of thiophene rings is 1. The van der Waals surface area contributed by atoms with Crippen molar-refractivity contribution in [3.63, 3.8) is 0 Å². The Kier molecular flexibility index (Phi) is 3.44. The Morgan fingerprint density at radius 1 is 1.67 bits per heavy atom. The summed E-state index contributed by atoms with van der Waals surface area (Å²) in [4.78, 5) is 16.3. The summed E-state index contributed by atoms with van der Waals surface area (Å²) in [5, 5.41) is 18.2. The van der Waals surface area contributed by atoms with Crippen LogP contribution in [0, 0.1) is 6.92 Å². The van der Waals surface area contributed by atoms with Crippen LogP contribution in [0.4, 0.5) is 0 Å². The van der Waals surface area contributed by atoms with Crippen LogP contribution in [0.3, 0.4) is 0 Å². The molecular weight excluding hydrogens is 254 g/mol. The summed E-state index contributed by atoms with van der Waals surface area (Å²) in [7, 11) is 0. The number of aliphatic hydroxyl groups is 1. The first kappa shape index (κ1) is 12.7. The molecule has 2 aromatic rings. The van der Waals surface area contributed by atoms with Gasteiger partial charge in [0.05, 0.1) is 6.54 Å². The zero-order chi connectivity index (χ0) is 13.2. The van der Waals surface area contributed by atoms with Gasteiger partial charge in [-0.2, -0.15) is 4.98 Å². The lowest BCUT2D eigenvalue weighted by Gasteiger charge is -2.21. The highest BCUT2D eigenvalue weighted by Gasteiger charge is 2.25. The van der Waals surface area contributed by atoms with Crippen molar-refractivity contribution in [2.24, 2.45) is 0 Å². The van der Waals surface area contributed by atoms with Crippen molar-refractivity contribution in [1.29, 1.82) is 0 Å². The standard InChI is InChI=1S/C11H13N3O3S/c1-7-13-9(14-17-7)10(15)12-6-11(2,16)8-4-3-5-18-8/h3-5,16H,6H2,1-2H3,(H,12,15). The molecule has 0 saturated heterocycles. The Bertz CT molecular complexity index is 533. The average Bonchev–Trinajstić information content (AvgIpc) is 2.96. The molecule has 0 fully saturated rings. The maximum atomic E-state index is 11.7. The predicted octanol–water partition coefficient (Wildman–Crippen LogP) is 1.08. The number of carbonyl (C=O) groups excluding carboxylic acids is 1. The number of nitrogens with one attached hydrogen (secondary N) is 1. The van der Waals surface area contributed by atoms with Crippen LogP contribution in [-0.2, 0) is 5.60 Å². The van der Waals surface area contributed by atoms with Crippen LogP contribution in [0.2, 0.25) is 0 Å². The van der Waals surface area contributed by atoms with E-state index >= 15 is 0 Å². The maximum Gasteiger partial charge on any atom is 0.292 e. The molecule has 2 N–H and O–H groups in total. The van der Waals surface area contributed by atoms with E-state index in [4.69, 9.17) is 4.52 Å². The minimum Gasteiger partial charge on any atom is -0.383 e. The van der Waals surface area contributed by atoms with Gasteiger partial charge in [0.1, 0.15) is 5.60 Å². The second kappa shape index (κ2) is 4.87. The van der Waals surface area contributed by atoms with Gasteiger partial charge in [0.25, 0.3) is 11.7 Å². The third-order valence-corrected chi connectivity index (χ3v) is 3.50. The van der Waals surface area contributed by atoms with Crippen LogP contribution in [-0.4, -0.2) is 27.7 Å². The molecule has 1 amide bonds. The molecule has 2 heterocycles. The van der Waals surface area contributed by atoms with E-state index in [0.717, 1.165) is 4.88 Å². The van der Waals surface area contributed by atoms with Gasteiger partial charge in [-0.3, -0.25) is 4.79 Å². The maximum absolute atomic E-state index is 11.7. The van der Waals surface area contributed by atoms with E-state index in [1.807, 2.05) is 17.5 Å². The number of nitrogens with zero attached hydrogens (tertiary/aromatic N) is 2. The smallest absolute Gasteiger partial charge is 0.292 e. The normalized spacial score (nSPS) is 14.2. The highest BCUT2D eigenvalue weighted by Crippen LogP contribution is 2.24. The summed E-state index contributed by atoms with van der Waals surface area (Å²) < 4.78 is 4.71. The van der Waals surface area contributed by atoms with Gasteiger partial charge >= 0.3 is 0 Å². The Morgan fingerprint density at radius 2 is 2.44 bits per heavy atom. The SMILES string of the molecule is Cc1nc(C(=O)NCC(C)(O)c2cccs2)no1. The summed E-state index contributed by atoms with van der Waals surface area (Å²) in [6.07, 6.45) is 0. The summed E-state index contributed by atoms with van der Waals surface area (Å²) >= 11 is 1.43. The lowest BCUT2D eigenvalue weighted by atomic mass is 10.1. The number of hydrogen-bond donors (Lipinski definition) is 2. The highest BCUT2D eigenvalue weighted by molar-refractivity contribution is 7.10. The van der Waals surface area contributed by atoms with Gasteiger partial charge < -0.3 is 14.9 Å². The number of aryl methyl sites for hydroxylation is 1. The minimum atomic E-state index is -1.11. The molecule has 18 heavy (non-hydrogen) atoms. The van der Waals surface area contributed by atoms with Gasteiger partial charge in [0.15, 0.2) is 0 Å². The van der Waals surface area contributed by atoms with E-state index in [2.05, 4.69) is 15.5 Å². The van der Waals surface area contributed by atoms with Crippen molar-refractivity contribution in [2.45, 2.75) is 19.4 Å². The zero-order valence-electron chi connectivity index (χ0n) is 10.0. The highest BCUT2D eigenvalue weighted by atomic mass is 32.1. The van der Waals surface area contributed by atoms with Gasteiger partial charge in [-0.05, 0) is 18.4 Å². The molecule has 1 atom stereocenters. The monoisotopic (exact) mass is 267 g/mol. The van der Waals surface area contributed by atoms with Gasteiger partial charge in [-0.15, -0.1) is 11.3 Å². The molecule has 2 rings (SSSR count). The second-order valence-electron chi connectivity index (χ2n) is 4.07. The molecule has 1 unspecified atom stereocenters. The Balaban J connectivity index is 1.98. The molecule has 0 aliphatic rings. The van der Waals surface area contributed by atoms with E-state index in [0.29, 0.717) is 5.89 Å². The first-order valence-corrected chi connectivity index (χ1v) is 6.22. The molecular formula is C11H13N3O3S. The fourth-order valence-corrected chi connectivity index (χ4v) is 2.18. The topological polar surface area (TPSA) is 88.2 Å². The third-order valence-electron chi connectivity index (χ3n) is 2.38. The minimum absolute atomic E-state index is 0.0329. The third kappa shape index (κ3) is 2.74. The van der Waals surface area contributed by atoms with Crippen molar-refractivity contribution < 1.29 is 14.4 Å². The van der Waals surface area contributed by atoms with Crippen LogP contribution in [0.15, 0.2) is 22.0 Å². The van der Waals surface area contributed by atoms with E-state index in [-0.39, 0.29) is 12.4 Å². The van der Waals surface area contributed by atoms with Gasteiger partial charge in [-0.1, -0.05) is 11.2 Å². The van der Waals surface area contributed by atoms with E-state index < -0.39 is 11.5 Å². The predicted molar refractivity (Wildman–Crippen MR) is 65.3 cm³/mol. The van der Waals surface area contributed by atoms with Crippen LogP contribution in [0.5, 0.6) is 0 Å². The first-order valence-electron chi connectivity index (χ1n) is 5.34. The van der Waals surface area contributed by atoms with Crippen LogP contribution < -0.4 is 5.32 Å². The summed E-state index contributed by atoms with van der Waals surface area (Å²) in [5.74, 6) is -0.177. The number of aromatic nitrogens is 2. The lowest BCUT2D eigenvalue weighted by molar-refractivity contribution is 0.0552. The first-order chi connectivity index (χ1) is 8.49. The Labute approximate surface area is 108 Å². The van der Waals surface area contributed by atoms with Crippen LogP contribution >= 0.6 is 11.3 Å². The van der Waals surface area contributed by atoms with Crippen molar-refractivity contribution in [1.82, 2.24) is 15.5 Å². The van der Waals surface area contributed by atoms with Crippen LogP contribution in [0.1, 0.15) is 28.3 Å².